The lowest BCUT2D eigenvalue weighted by atomic mass is 9.83. The number of aldehydes is 1. The molecule has 4 heteroatoms. The molecule has 1 aromatic heterocycles. The van der Waals surface area contributed by atoms with Crippen LogP contribution in [0, 0.1) is 0 Å². The van der Waals surface area contributed by atoms with Crippen molar-refractivity contribution < 1.29 is 14.4 Å². The van der Waals surface area contributed by atoms with Gasteiger partial charge in [0.05, 0.1) is 11.1 Å². The fourth-order valence-corrected chi connectivity index (χ4v) is 3.13. The number of benzene rings is 2. The second-order valence-electron chi connectivity index (χ2n) is 5.41. The van der Waals surface area contributed by atoms with Crippen LogP contribution in [0.25, 0.3) is 10.9 Å². The summed E-state index contributed by atoms with van der Waals surface area (Å²) in [6.07, 6.45) is 0.826. The zero-order valence-corrected chi connectivity index (χ0v) is 12.1. The number of para-hydroxylation sites is 1. The lowest BCUT2D eigenvalue weighted by Gasteiger charge is -2.20. The maximum Gasteiger partial charge on any atom is 0.212 e. The number of carbonyl (C=O) groups excluding carboxylic acids is 3. The van der Waals surface area contributed by atoms with Gasteiger partial charge in [0.1, 0.15) is 12.0 Å². The van der Waals surface area contributed by atoms with E-state index in [1.807, 2.05) is 18.2 Å². The van der Waals surface area contributed by atoms with Crippen LogP contribution < -0.4 is 0 Å². The fraction of sp³-hybridized carbons (Fsp3) is 0.0526. The van der Waals surface area contributed by atoms with Gasteiger partial charge >= 0.3 is 0 Å². The molecule has 0 bridgehead atoms. The Labute approximate surface area is 131 Å². The van der Waals surface area contributed by atoms with E-state index in [2.05, 4.69) is 4.98 Å². The van der Waals surface area contributed by atoms with Crippen molar-refractivity contribution in [2.45, 2.75) is 6.42 Å². The van der Waals surface area contributed by atoms with Crippen molar-refractivity contribution in [3.05, 3.63) is 76.5 Å². The van der Waals surface area contributed by atoms with Gasteiger partial charge < -0.3 is 4.79 Å². The monoisotopic (exact) mass is 301 g/mol. The van der Waals surface area contributed by atoms with Gasteiger partial charge in [-0.15, -0.1) is 0 Å². The van der Waals surface area contributed by atoms with E-state index in [-0.39, 0.29) is 29.2 Å². The first kappa shape index (κ1) is 13.5. The summed E-state index contributed by atoms with van der Waals surface area (Å²) in [5.41, 5.74) is 2.33. The minimum atomic E-state index is -0.270. The predicted molar refractivity (Wildman–Crippen MR) is 84.8 cm³/mol. The minimum absolute atomic E-state index is 0.0759. The Balaban J connectivity index is 2.13. The molecule has 0 atom stereocenters. The van der Waals surface area contributed by atoms with Gasteiger partial charge in [0.25, 0.3) is 0 Å². The normalized spacial score (nSPS) is 12.9. The topological polar surface area (TPSA) is 64.1 Å². The van der Waals surface area contributed by atoms with Crippen molar-refractivity contribution in [1.82, 2.24) is 4.98 Å². The van der Waals surface area contributed by atoms with Crippen molar-refractivity contribution in [1.29, 1.82) is 0 Å². The van der Waals surface area contributed by atoms with E-state index >= 15 is 0 Å². The predicted octanol–water partition coefficient (Wildman–Crippen LogP) is 2.75. The molecule has 0 N–H and O–H groups in total. The molecule has 3 aromatic rings. The van der Waals surface area contributed by atoms with Gasteiger partial charge in [0.2, 0.25) is 5.78 Å². The smallest absolute Gasteiger partial charge is 0.212 e. The molecule has 4 rings (SSSR count). The summed E-state index contributed by atoms with van der Waals surface area (Å²) in [5.74, 6) is -0.515. The van der Waals surface area contributed by atoms with Gasteiger partial charge in [0, 0.05) is 22.9 Å². The third kappa shape index (κ3) is 1.85. The number of aromatic nitrogens is 1. The summed E-state index contributed by atoms with van der Waals surface area (Å²) >= 11 is 0. The van der Waals surface area contributed by atoms with Gasteiger partial charge in [-0.3, -0.25) is 9.59 Å². The molecule has 0 spiro atoms. The van der Waals surface area contributed by atoms with Crippen LogP contribution in [-0.4, -0.2) is 22.8 Å². The number of fused-ring (bicyclic) bond motifs is 3. The summed E-state index contributed by atoms with van der Waals surface area (Å²) in [4.78, 5) is 41.2. The SMILES string of the molecule is O=CCc1c2c(nc3ccccc13)C(=O)c1ccccc1C2=O. The Morgan fingerprint density at radius 2 is 1.52 bits per heavy atom. The van der Waals surface area contributed by atoms with Crippen LogP contribution in [0.2, 0.25) is 0 Å². The van der Waals surface area contributed by atoms with Crippen LogP contribution >= 0.6 is 0 Å². The third-order valence-electron chi connectivity index (χ3n) is 4.15. The van der Waals surface area contributed by atoms with Gasteiger partial charge in [0.15, 0.2) is 5.78 Å². The summed E-state index contributed by atoms with van der Waals surface area (Å²) in [6.45, 7) is 0. The van der Waals surface area contributed by atoms with E-state index in [9.17, 15) is 14.4 Å². The Bertz CT molecular complexity index is 1000. The lowest BCUT2D eigenvalue weighted by Crippen LogP contribution is -2.24. The molecule has 0 saturated heterocycles. The van der Waals surface area contributed by atoms with E-state index < -0.39 is 0 Å². The van der Waals surface area contributed by atoms with Crippen LogP contribution in [-0.2, 0) is 11.2 Å². The average molecular weight is 301 g/mol. The molecule has 0 radical (unpaired) electrons. The quantitative estimate of drug-likeness (QED) is 0.534. The first-order valence-electron chi connectivity index (χ1n) is 7.26. The zero-order valence-electron chi connectivity index (χ0n) is 12.1. The highest BCUT2D eigenvalue weighted by atomic mass is 16.1. The van der Waals surface area contributed by atoms with E-state index in [0.29, 0.717) is 22.2 Å². The molecule has 1 aliphatic carbocycles. The number of hydrogen-bond acceptors (Lipinski definition) is 4. The van der Waals surface area contributed by atoms with Crippen LogP contribution in [0.5, 0.6) is 0 Å². The van der Waals surface area contributed by atoms with E-state index in [1.54, 1.807) is 30.3 Å². The average Bonchev–Trinajstić information content (AvgIpc) is 2.59. The Morgan fingerprint density at radius 1 is 0.870 bits per heavy atom. The van der Waals surface area contributed by atoms with E-state index in [1.165, 1.54) is 0 Å². The molecule has 0 unspecified atom stereocenters. The highest BCUT2D eigenvalue weighted by molar-refractivity contribution is 6.29. The second-order valence-corrected chi connectivity index (χ2v) is 5.41. The number of nitrogens with zero attached hydrogens (tertiary/aromatic N) is 1. The molecular weight excluding hydrogens is 290 g/mol. The van der Waals surface area contributed by atoms with Gasteiger partial charge in [-0.25, -0.2) is 4.98 Å². The maximum absolute atomic E-state index is 12.9. The van der Waals surface area contributed by atoms with Crippen molar-refractivity contribution in [3.63, 3.8) is 0 Å². The summed E-state index contributed by atoms with van der Waals surface area (Å²) in [5, 5.41) is 0.735. The minimum Gasteiger partial charge on any atom is -0.303 e. The number of ketones is 2. The second kappa shape index (κ2) is 4.95. The molecule has 110 valence electrons. The van der Waals surface area contributed by atoms with Crippen molar-refractivity contribution >= 4 is 28.8 Å². The molecule has 0 saturated carbocycles. The van der Waals surface area contributed by atoms with Gasteiger partial charge in [-0.05, 0) is 11.6 Å². The van der Waals surface area contributed by atoms with Crippen molar-refractivity contribution in [3.8, 4) is 0 Å². The molecule has 23 heavy (non-hydrogen) atoms. The maximum atomic E-state index is 12.9. The summed E-state index contributed by atoms with van der Waals surface area (Å²) < 4.78 is 0. The van der Waals surface area contributed by atoms with Gasteiger partial charge in [-0.1, -0.05) is 42.5 Å². The van der Waals surface area contributed by atoms with Crippen LogP contribution in [0.4, 0.5) is 0 Å². The summed E-state index contributed by atoms with van der Waals surface area (Å²) in [7, 11) is 0. The van der Waals surface area contributed by atoms with Crippen LogP contribution in [0.1, 0.15) is 37.5 Å². The lowest BCUT2D eigenvalue weighted by molar-refractivity contribution is -0.107. The number of carbonyl (C=O) groups is 3. The first-order chi connectivity index (χ1) is 11.2. The molecule has 4 nitrogen and oxygen atoms in total. The molecule has 0 amide bonds. The molecule has 0 fully saturated rings. The summed E-state index contributed by atoms with van der Waals surface area (Å²) in [6, 6.07) is 14.0. The van der Waals surface area contributed by atoms with E-state index in [0.717, 1.165) is 11.7 Å². The highest BCUT2D eigenvalue weighted by Crippen LogP contribution is 2.32. The fourth-order valence-electron chi connectivity index (χ4n) is 3.13. The zero-order chi connectivity index (χ0) is 16.0. The Kier molecular flexibility index (Phi) is 2.91. The first-order valence-corrected chi connectivity index (χ1v) is 7.26. The van der Waals surface area contributed by atoms with Crippen molar-refractivity contribution in [2.24, 2.45) is 0 Å². The molecule has 1 aliphatic rings. The number of rotatable bonds is 2. The third-order valence-corrected chi connectivity index (χ3v) is 4.15. The molecule has 2 aromatic carbocycles. The highest BCUT2D eigenvalue weighted by Gasteiger charge is 2.33. The molecule has 0 aliphatic heterocycles. The standard InChI is InChI=1S/C19H11NO3/c21-10-9-12-11-5-3-4-8-15(11)20-17-16(12)18(22)13-6-1-2-7-14(13)19(17)23/h1-8,10H,9H2. The van der Waals surface area contributed by atoms with E-state index in [4.69, 9.17) is 0 Å². The number of pyridine rings is 1. The molecular formula is C19H11NO3. The Morgan fingerprint density at radius 3 is 2.26 bits per heavy atom. The van der Waals surface area contributed by atoms with Crippen LogP contribution in [0.15, 0.2) is 48.5 Å². The Hall–Kier alpha value is -3.14. The van der Waals surface area contributed by atoms with Gasteiger partial charge in [-0.2, -0.15) is 0 Å². The van der Waals surface area contributed by atoms with Crippen molar-refractivity contribution in [2.75, 3.05) is 0 Å². The van der Waals surface area contributed by atoms with Crippen LogP contribution in [0.3, 0.4) is 0 Å². The number of hydrogen-bond donors (Lipinski definition) is 0. The largest absolute Gasteiger partial charge is 0.303 e. The molecule has 1 heterocycles.